The minimum Gasteiger partial charge on any atom is -0.388 e. The Bertz CT molecular complexity index is 135. The van der Waals surface area contributed by atoms with Crippen molar-refractivity contribution in [3.8, 4) is 0 Å². The SMILES string of the molecule is C1=CN2SCCC2CN1. The monoisotopic (exact) mass is 142 g/mol. The van der Waals surface area contributed by atoms with E-state index in [0.29, 0.717) is 0 Å². The quantitative estimate of drug-likeness (QED) is 0.503. The van der Waals surface area contributed by atoms with Crippen molar-refractivity contribution in [2.45, 2.75) is 12.5 Å². The Morgan fingerprint density at radius 1 is 1.67 bits per heavy atom. The number of hydrogen-bond acceptors (Lipinski definition) is 3. The van der Waals surface area contributed by atoms with Crippen LogP contribution in [-0.4, -0.2) is 22.6 Å². The molecule has 50 valence electrons. The van der Waals surface area contributed by atoms with Crippen LogP contribution < -0.4 is 5.32 Å². The van der Waals surface area contributed by atoms with Gasteiger partial charge in [0.15, 0.2) is 0 Å². The van der Waals surface area contributed by atoms with Crippen LogP contribution in [0.4, 0.5) is 0 Å². The first-order valence-electron chi connectivity index (χ1n) is 3.28. The fraction of sp³-hybridized carbons (Fsp3) is 0.667. The van der Waals surface area contributed by atoms with Crippen LogP contribution in [0.2, 0.25) is 0 Å². The van der Waals surface area contributed by atoms with Crippen LogP contribution >= 0.6 is 11.9 Å². The minimum absolute atomic E-state index is 0.764. The molecule has 2 rings (SSSR count). The molecular formula is C6H10N2S. The zero-order valence-electron chi connectivity index (χ0n) is 5.21. The van der Waals surface area contributed by atoms with Gasteiger partial charge in [0.1, 0.15) is 0 Å². The van der Waals surface area contributed by atoms with Crippen LogP contribution in [0.1, 0.15) is 6.42 Å². The normalized spacial score (nSPS) is 32.0. The summed E-state index contributed by atoms with van der Waals surface area (Å²) in [6, 6.07) is 0.764. The van der Waals surface area contributed by atoms with Gasteiger partial charge in [0.2, 0.25) is 0 Å². The van der Waals surface area contributed by atoms with Crippen LogP contribution in [0.3, 0.4) is 0 Å². The molecule has 0 aliphatic carbocycles. The molecule has 1 unspecified atom stereocenters. The lowest BCUT2D eigenvalue weighted by Crippen LogP contribution is -2.34. The Morgan fingerprint density at radius 2 is 2.67 bits per heavy atom. The maximum atomic E-state index is 3.22. The van der Waals surface area contributed by atoms with Gasteiger partial charge in [-0.1, -0.05) is 0 Å². The molecule has 0 aromatic rings. The molecule has 1 N–H and O–H groups in total. The van der Waals surface area contributed by atoms with Gasteiger partial charge < -0.3 is 9.62 Å². The Hall–Kier alpha value is -0.310. The van der Waals surface area contributed by atoms with E-state index in [9.17, 15) is 0 Å². The maximum Gasteiger partial charge on any atom is 0.0581 e. The minimum atomic E-state index is 0.764. The molecule has 2 heterocycles. The van der Waals surface area contributed by atoms with Gasteiger partial charge in [-0.25, -0.2) is 0 Å². The van der Waals surface area contributed by atoms with E-state index in [2.05, 4.69) is 15.8 Å². The summed E-state index contributed by atoms with van der Waals surface area (Å²) in [7, 11) is 0. The van der Waals surface area contributed by atoms with Crippen molar-refractivity contribution < 1.29 is 0 Å². The highest BCUT2D eigenvalue weighted by Crippen LogP contribution is 2.27. The van der Waals surface area contributed by atoms with Gasteiger partial charge in [0, 0.05) is 24.7 Å². The molecule has 0 spiro atoms. The van der Waals surface area contributed by atoms with Crippen LogP contribution in [-0.2, 0) is 0 Å². The topological polar surface area (TPSA) is 15.3 Å². The first-order valence-corrected chi connectivity index (χ1v) is 4.22. The number of nitrogens with zero attached hydrogens (tertiary/aromatic N) is 1. The molecular weight excluding hydrogens is 132 g/mol. The zero-order valence-corrected chi connectivity index (χ0v) is 6.03. The van der Waals surface area contributed by atoms with E-state index in [4.69, 9.17) is 0 Å². The summed E-state index contributed by atoms with van der Waals surface area (Å²) in [5, 5.41) is 3.22. The predicted octanol–water partition coefficient (Wildman–Crippen LogP) is 0.783. The van der Waals surface area contributed by atoms with E-state index in [1.54, 1.807) is 0 Å². The van der Waals surface area contributed by atoms with E-state index >= 15 is 0 Å². The molecule has 2 nitrogen and oxygen atoms in total. The summed E-state index contributed by atoms with van der Waals surface area (Å²) in [5.41, 5.74) is 0. The molecule has 1 saturated heterocycles. The Labute approximate surface area is 59.4 Å². The molecule has 1 atom stereocenters. The van der Waals surface area contributed by atoms with Crippen molar-refractivity contribution in [2.24, 2.45) is 0 Å². The summed E-state index contributed by atoms with van der Waals surface area (Å²) >= 11 is 1.93. The number of nitrogens with one attached hydrogen (secondary N) is 1. The first kappa shape index (κ1) is 5.47. The summed E-state index contributed by atoms with van der Waals surface area (Å²) in [5.74, 6) is 1.29. The van der Waals surface area contributed by atoms with E-state index in [0.717, 1.165) is 12.6 Å². The summed E-state index contributed by atoms with van der Waals surface area (Å²) in [6.45, 7) is 1.13. The van der Waals surface area contributed by atoms with Crippen molar-refractivity contribution in [1.29, 1.82) is 0 Å². The maximum absolute atomic E-state index is 3.22. The second kappa shape index (κ2) is 2.14. The van der Waals surface area contributed by atoms with E-state index in [-0.39, 0.29) is 0 Å². The molecule has 0 amide bonds. The fourth-order valence-electron chi connectivity index (χ4n) is 1.21. The zero-order chi connectivity index (χ0) is 6.10. The van der Waals surface area contributed by atoms with Crippen LogP contribution in [0.15, 0.2) is 12.4 Å². The highest BCUT2D eigenvalue weighted by Gasteiger charge is 2.23. The smallest absolute Gasteiger partial charge is 0.0581 e. The third kappa shape index (κ3) is 0.894. The standard InChI is InChI=1S/C6H10N2S/c1-4-9-8-3-2-7-5-6(1)8/h2-3,6-7H,1,4-5H2. The Balaban J connectivity index is 2.10. The number of fused-ring (bicyclic) bond motifs is 1. The molecule has 2 aliphatic heterocycles. The fourth-order valence-corrected chi connectivity index (χ4v) is 2.34. The number of rotatable bonds is 0. The average molecular weight is 142 g/mol. The van der Waals surface area contributed by atoms with Crippen LogP contribution in [0.5, 0.6) is 0 Å². The summed E-state index contributed by atoms with van der Waals surface area (Å²) < 4.78 is 2.34. The van der Waals surface area contributed by atoms with Gasteiger partial charge in [0.25, 0.3) is 0 Å². The molecule has 1 fully saturated rings. The second-order valence-corrected chi connectivity index (χ2v) is 3.45. The molecule has 0 radical (unpaired) electrons. The van der Waals surface area contributed by atoms with Crippen molar-refractivity contribution in [3.05, 3.63) is 12.4 Å². The highest BCUT2D eigenvalue weighted by atomic mass is 32.2. The van der Waals surface area contributed by atoms with E-state index in [1.807, 2.05) is 18.1 Å². The summed E-state index contributed by atoms with van der Waals surface area (Å²) in [6.07, 6.45) is 5.49. The van der Waals surface area contributed by atoms with Gasteiger partial charge in [-0.05, 0) is 18.4 Å². The van der Waals surface area contributed by atoms with E-state index in [1.165, 1.54) is 12.2 Å². The van der Waals surface area contributed by atoms with Crippen molar-refractivity contribution >= 4 is 11.9 Å². The lowest BCUT2D eigenvalue weighted by atomic mass is 10.2. The average Bonchev–Trinajstić information content (AvgIpc) is 2.33. The van der Waals surface area contributed by atoms with Gasteiger partial charge in [-0.2, -0.15) is 0 Å². The van der Waals surface area contributed by atoms with Crippen molar-refractivity contribution in [3.63, 3.8) is 0 Å². The lowest BCUT2D eigenvalue weighted by Gasteiger charge is -2.24. The largest absolute Gasteiger partial charge is 0.388 e. The molecule has 3 heteroatoms. The molecule has 9 heavy (non-hydrogen) atoms. The van der Waals surface area contributed by atoms with Crippen LogP contribution in [0.25, 0.3) is 0 Å². The Morgan fingerprint density at radius 3 is 3.56 bits per heavy atom. The summed E-state index contributed by atoms with van der Waals surface area (Å²) in [4.78, 5) is 0. The molecule has 0 saturated carbocycles. The third-order valence-electron chi connectivity index (χ3n) is 1.74. The lowest BCUT2D eigenvalue weighted by molar-refractivity contribution is 0.423. The third-order valence-corrected chi connectivity index (χ3v) is 2.88. The second-order valence-electron chi connectivity index (χ2n) is 2.36. The molecule has 0 aromatic carbocycles. The molecule has 0 aromatic heterocycles. The molecule has 2 aliphatic rings. The predicted molar refractivity (Wildman–Crippen MR) is 39.8 cm³/mol. The van der Waals surface area contributed by atoms with Crippen molar-refractivity contribution in [1.82, 2.24) is 9.62 Å². The van der Waals surface area contributed by atoms with E-state index < -0.39 is 0 Å². The Kier molecular flexibility index (Phi) is 1.30. The number of hydrogen-bond donors (Lipinski definition) is 1. The van der Waals surface area contributed by atoms with Gasteiger partial charge in [-0.3, -0.25) is 0 Å². The van der Waals surface area contributed by atoms with Gasteiger partial charge in [0.05, 0.1) is 6.04 Å². The van der Waals surface area contributed by atoms with Gasteiger partial charge in [-0.15, -0.1) is 0 Å². The van der Waals surface area contributed by atoms with Crippen LogP contribution in [0, 0.1) is 0 Å². The molecule has 0 bridgehead atoms. The van der Waals surface area contributed by atoms with Gasteiger partial charge >= 0.3 is 0 Å². The van der Waals surface area contributed by atoms with Crippen molar-refractivity contribution in [2.75, 3.05) is 12.3 Å². The highest BCUT2D eigenvalue weighted by molar-refractivity contribution is 7.97. The first-order chi connectivity index (χ1) is 4.47.